The van der Waals surface area contributed by atoms with Gasteiger partial charge in [-0.15, -0.1) is 0 Å². The Bertz CT molecular complexity index is 1840. The number of likely N-dealkylation sites (N-methyl/N-ethyl adjacent to an activating group) is 1. The molecule has 2 amide bonds. The van der Waals surface area contributed by atoms with Crippen molar-refractivity contribution >= 4 is 38.4 Å². The van der Waals surface area contributed by atoms with E-state index >= 15 is 0 Å². The summed E-state index contributed by atoms with van der Waals surface area (Å²) in [5.74, 6) is -0.942. The third-order valence-electron chi connectivity index (χ3n) is 8.49. The molecular formula is C34H39FN4O6S. The van der Waals surface area contributed by atoms with Crippen LogP contribution in [0.1, 0.15) is 25.0 Å². The first-order valence-electron chi connectivity index (χ1n) is 15.1. The van der Waals surface area contributed by atoms with Crippen LogP contribution in [0.15, 0.2) is 77.8 Å². The zero-order valence-corrected chi connectivity index (χ0v) is 27.1. The molecule has 3 atom stereocenters. The summed E-state index contributed by atoms with van der Waals surface area (Å²) in [5, 5.41) is 13.9. The van der Waals surface area contributed by atoms with E-state index in [1.54, 1.807) is 30.0 Å². The normalized spacial score (nSPS) is 18.0. The average Bonchev–Trinajstić information content (AvgIpc) is 3.35. The second-order valence-corrected chi connectivity index (χ2v) is 14.0. The first-order chi connectivity index (χ1) is 21.9. The lowest BCUT2D eigenvalue weighted by Crippen LogP contribution is -2.48. The third-order valence-corrected chi connectivity index (χ3v) is 10.3. The summed E-state index contributed by atoms with van der Waals surface area (Å²) >= 11 is 0. The van der Waals surface area contributed by atoms with E-state index in [-0.39, 0.29) is 55.2 Å². The second-order valence-electron chi connectivity index (χ2n) is 12.0. The fourth-order valence-electron chi connectivity index (χ4n) is 5.81. The smallest absolute Gasteiger partial charge is 0.242 e. The number of carbonyl (C=O) groups excluding carboxylic acids is 2. The highest BCUT2D eigenvalue weighted by atomic mass is 32.2. The lowest BCUT2D eigenvalue weighted by Gasteiger charge is -2.33. The number of fused-ring (bicyclic) bond motifs is 2. The van der Waals surface area contributed by atoms with Crippen LogP contribution in [0.5, 0.6) is 5.75 Å². The van der Waals surface area contributed by atoms with Gasteiger partial charge in [-0.1, -0.05) is 25.1 Å². The molecule has 3 aromatic carbocycles. The molecule has 0 spiro atoms. The Morgan fingerprint density at radius 2 is 1.87 bits per heavy atom. The Balaban J connectivity index is 1.41. The summed E-state index contributed by atoms with van der Waals surface area (Å²) in [6.45, 7) is 3.52. The standard InChI is InChI=1S/C34H39FN4O6S/c1-22-18-39(23(2)21-40)34(42)17-24-15-27(36-33(41)16-25-19-37(3)30-8-6-5-7-29(25)30)11-14-31(24)45-32(22)20-38(4)46(43,44)28-12-9-26(35)10-13-28/h5-15,19,22-23,32,40H,16-18,20-21H2,1-4H3,(H,36,41)/t22-,23-,32+/m0/s1. The van der Waals surface area contributed by atoms with E-state index in [4.69, 9.17) is 4.74 Å². The highest BCUT2D eigenvalue weighted by molar-refractivity contribution is 7.89. The molecule has 0 fully saturated rings. The minimum absolute atomic E-state index is 0.0458. The van der Waals surface area contributed by atoms with Crippen LogP contribution < -0.4 is 10.1 Å². The number of benzene rings is 3. The molecule has 2 N–H and O–H groups in total. The number of aliphatic hydroxyl groups is 1. The van der Waals surface area contributed by atoms with Crippen molar-refractivity contribution in [2.75, 3.05) is 32.1 Å². The summed E-state index contributed by atoms with van der Waals surface area (Å²) in [7, 11) is -0.612. The number of anilines is 1. The van der Waals surface area contributed by atoms with Gasteiger partial charge in [0.05, 0.1) is 36.9 Å². The summed E-state index contributed by atoms with van der Waals surface area (Å²) in [4.78, 5) is 28.2. The molecule has 5 rings (SSSR count). The lowest BCUT2D eigenvalue weighted by molar-refractivity contribution is -0.134. The molecule has 244 valence electrons. The minimum Gasteiger partial charge on any atom is -0.488 e. The van der Waals surface area contributed by atoms with Gasteiger partial charge in [0.15, 0.2) is 0 Å². The number of hydrogen-bond acceptors (Lipinski definition) is 6. The topological polar surface area (TPSA) is 121 Å². The van der Waals surface area contributed by atoms with Gasteiger partial charge in [-0.2, -0.15) is 4.31 Å². The number of para-hydroxylation sites is 1. The monoisotopic (exact) mass is 650 g/mol. The molecule has 1 aliphatic rings. The Kier molecular flexibility index (Phi) is 9.80. The van der Waals surface area contributed by atoms with E-state index in [0.717, 1.165) is 32.9 Å². The van der Waals surface area contributed by atoms with Crippen molar-refractivity contribution in [1.82, 2.24) is 13.8 Å². The Labute approximate surface area is 268 Å². The van der Waals surface area contributed by atoms with Crippen LogP contribution in [0.4, 0.5) is 10.1 Å². The molecule has 10 nitrogen and oxygen atoms in total. The number of aryl methyl sites for hydroxylation is 1. The molecule has 2 heterocycles. The minimum atomic E-state index is -3.97. The molecule has 1 aromatic heterocycles. The summed E-state index contributed by atoms with van der Waals surface area (Å²) in [6, 6.07) is 17.0. The number of aromatic nitrogens is 1. The predicted molar refractivity (Wildman–Crippen MR) is 173 cm³/mol. The van der Waals surface area contributed by atoms with Crippen LogP contribution in [0.3, 0.4) is 0 Å². The van der Waals surface area contributed by atoms with Crippen molar-refractivity contribution in [3.63, 3.8) is 0 Å². The summed E-state index contributed by atoms with van der Waals surface area (Å²) < 4.78 is 49.7. The van der Waals surface area contributed by atoms with Crippen LogP contribution >= 0.6 is 0 Å². The molecule has 0 bridgehead atoms. The predicted octanol–water partition coefficient (Wildman–Crippen LogP) is 3.97. The van der Waals surface area contributed by atoms with Gasteiger partial charge in [-0.25, -0.2) is 12.8 Å². The first-order valence-corrected chi connectivity index (χ1v) is 16.6. The van der Waals surface area contributed by atoms with Crippen molar-refractivity contribution in [1.29, 1.82) is 0 Å². The molecular weight excluding hydrogens is 611 g/mol. The van der Waals surface area contributed by atoms with E-state index in [2.05, 4.69) is 5.32 Å². The van der Waals surface area contributed by atoms with Crippen molar-refractivity contribution in [2.45, 2.75) is 43.7 Å². The van der Waals surface area contributed by atoms with Gasteiger partial charge in [0.2, 0.25) is 21.8 Å². The molecule has 12 heteroatoms. The van der Waals surface area contributed by atoms with Gasteiger partial charge in [0.25, 0.3) is 0 Å². The number of carbonyl (C=O) groups is 2. The zero-order valence-electron chi connectivity index (χ0n) is 26.3. The highest BCUT2D eigenvalue weighted by Crippen LogP contribution is 2.30. The average molecular weight is 651 g/mol. The van der Waals surface area contributed by atoms with E-state index in [1.807, 2.05) is 49.0 Å². The zero-order chi connectivity index (χ0) is 33.2. The molecule has 0 aliphatic carbocycles. The van der Waals surface area contributed by atoms with Crippen LogP contribution in [0.25, 0.3) is 10.9 Å². The van der Waals surface area contributed by atoms with Crippen LogP contribution in [-0.2, 0) is 39.5 Å². The van der Waals surface area contributed by atoms with Gasteiger partial charge >= 0.3 is 0 Å². The van der Waals surface area contributed by atoms with Gasteiger partial charge in [0, 0.05) is 54.9 Å². The van der Waals surface area contributed by atoms with E-state index in [9.17, 15) is 27.5 Å². The fraction of sp³-hybridized carbons (Fsp3) is 0.353. The van der Waals surface area contributed by atoms with Gasteiger partial charge in [-0.3, -0.25) is 9.59 Å². The number of ether oxygens (including phenoxy) is 1. The fourth-order valence-corrected chi connectivity index (χ4v) is 6.99. The van der Waals surface area contributed by atoms with E-state index in [0.29, 0.717) is 17.0 Å². The van der Waals surface area contributed by atoms with Crippen molar-refractivity contribution in [2.24, 2.45) is 13.0 Å². The maximum Gasteiger partial charge on any atom is 0.242 e. The first kappa shape index (κ1) is 33.1. The number of nitrogens with one attached hydrogen (secondary N) is 1. The molecule has 4 aromatic rings. The number of halogens is 1. The van der Waals surface area contributed by atoms with E-state index < -0.39 is 28.0 Å². The maximum atomic E-state index is 13.6. The third kappa shape index (κ3) is 7.09. The number of sulfonamides is 1. The van der Waals surface area contributed by atoms with Crippen molar-refractivity contribution in [3.8, 4) is 5.75 Å². The van der Waals surface area contributed by atoms with Crippen molar-refractivity contribution in [3.05, 3.63) is 89.9 Å². The Hall–Kier alpha value is -4.26. The quantitative estimate of drug-likeness (QED) is 0.283. The van der Waals surface area contributed by atoms with Gasteiger partial charge in [-0.05, 0) is 61.0 Å². The second kappa shape index (κ2) is 13.6. The van der Waals surface area contributed by atoms with Crippen LogP contribution in [-0.4, -0.2) is 78.0 Å². The molecule has 0 saturated heterocycles. The maximum absolute atomic E-state index is 13.6. The molecule has 1 aliphatic heterocycles. The van der Waals surface area contributed by atoms with Gasteiger partial charge in [0.1, 0.15) is 17.7 Å². The Morgan fingerprint density at radius 3 is 2.59 bits per heavy atom. The number of hydrogen-bond donors (Lipinski definition) is 2. The number of rotatable bonds is 9. The number of amides is 2. The van der Waals surface area contributed by atoms with Gasteiger partial charge < -0.3 is 24.6 Å². The number of aliphatic hydroxyl groups excluding tert-OH is 1. The number of nitrogens with zero attached hydrogens (tertiary/aromatic N) is 3. The summed E-state index contributed by atoms with van der Waals surface area (Å²) in [6.07, 6.45) is 1.36. The SMILES string of the molecule is C[C@H]1CN([C@@H](C)CO)C(=O)Cc2cc(NC(=O)Cc3cn(C)c4ccccc34)ccc2O[C@@H]1CN(C)S(=O)(=O)c1ccc(F)cc1. The van der Waals surface area contributed by atoms with Crippen molar-refractivity contribution < 1.29 is 32.2 Å². The largest absolute Gasteiger partial charge is 0.488 e. The Morgan fingerprint density at radius 1 is 1.15 bits per heavy atom. The van der Waals surface area contributed by atoms with Crippen LogP contribution in [0.2, 0.25) is 0 Å². The molecule has 0 radical (unpaired) electrons. The molecule has 0 unspecified atom stereocenters. The lowest BCUT2D eigenvalue weighted by atomic mass is 10.0. The van der Waals surface area contributed by atoms with E-state index in [1.165, 1.54) is 19.2 Å². The highest BCUT2D eigenvalue weighted by Gasteiger charge is 2.33. The molecule has 46 heavy (non-hydrogen) atoms. The van der Waals surface area contributed by atoms with Crippen LogP contribution in [0, 0.1) is 11.7 Å². The summed E-state index contributed by atoms with van der Waals surface area (Å²) in [5.41, 5.74) is 2.93. The molecule has 0 saturated carbocycles.